The molecule has 0 fully saturated rings. The Hall–Kier alpha value is -3.18. The van der Waals surface area contributed by atoms with Crippen LogP contribution in [0.25, 0.3) is 11.0 Å². The summed E-state index contributed by atoms with van der Waals surface area (Å²) in [4.78, 5) is 16.8. The van der Waals surface area contributed by atoms with E-state index in [2.05, 4.69) is 21.1 Å². The van der Waals surface area contributed by atoms with Gasteiger partial charge in [-0.15, -0.1) is 8.78 Å². The molecule has 0 saturated carbocycles. The summed E-state index contributed by atoms with van der Waals surface area (Å²) in [6, 6.07) is 10.6. The first-order valence-corrected chi connectivity index (χ1v) is 8.63. The number of nitriles is 1. The van der Waals surface area contributed by atoms with Gasteiger partial charge in [0.25, 0.3) is 5.91 Å². The van der Waals surface area contributed by atoms with Crippen LogP contribution in [-0.4, -0.2) is 21.0 Å². The van der Waals surface area contributed by atoms with Crippen LogP contribution in [0.15, 0.2) is 42.7 Å². The number of benzene rings is 2. The number of anilines is 1. The quantitative estimate of drug-likeness (QED) is 0.613. The first-order valence-electron chi connectivity index (χ1n) is 8.26. The number of nitrogens with one attached hydrogen (secondary N) is 1. The zero-order valence-corrected chi connectivity index (χ0v) is 15.7. The third kappa shape index (κ3) is 4.21. The molecule has 1 N–H and O–H groups in total. The topological polar surface area (TPSA) is 79.9 Å². The van der Waals surface area contributed by atoms with Crippen molar-refractivity contribution in [3.8, 4) is 11.8 Å². The zero-order chi connectivity index (χ0) is 20.5. The van der Waals surface area contributed by atoms with Gasteiger partial charge in [-0.1, -0.05) is 0 Å². The summed E-state index contributed by atoms with van der Waals surface area (Å²) < 4.78 is 31.3. The normalized spacial score (nSPS) is 11.5. The lowest BCUT2D eigenvalue weighted by molar-refractivity contribution is -0.0964. The van der Waals surface area contributed by atoms with Crippen LogP contribution >= 0.6 is 11.6 Å². The van der Waals surface area contributed by atoms with E-state index in [-0.39, 0.29) is 17.4 Å². The van der Waals surface area contributed by atoms with Crippen molar-refractivity contribution in [2.75, 3.05) is 5.32 Å². The van der Waals surface area contributed by atoms with E-state index in [1.54, 1.807) is 12.4 Å². The van der Waals surface area contributed by atoms with Crippen LogP contribution in [0.1, 0.15) is 35.8 Å². The number of alkyl halides is 3. The third-order valence-electron chi connectivity index (χ3n) is 3.95. The molecule has 0 aliphatic rings. The molecule has 6 nitrogen and oxygen atoms in total. The van der Waals surface area contributed by atoms with E-state index >= 15 is 0 Å². The van der Waals surface area contributed by atoms with Crippen molar-refractivity contribution in [2.45, 2.75) is 25.5 Å². The molecule has 3 rings (SSSR count). The molecular weight excluding hydrogens is 390 g/mol. The molecule has 1 aromatic heterocycles. The second-order valence-electron chi connectivity index (χ2n) is 6.28. The Balaban J connectivity index is 1.85. The third-order valence-corrected chi connectivity index (χ3v) is 4.03. The Morgan fingerprint density at radius 1 is 1.32 bits per heavy atom. The molecule has 3 aromatic rings. The number of carbonyl (C=O) groups is 1. The van der Waals surface area contributed by atoms with Crippen molar-refractivity contribution in [1.29, 1.82) is 5.26 Å². The van der Waals surface area contributed by atoms with Crippen LogP contribution in [0.2, 0.25) is 0 Å². The predicted octanol–water partition coefficient (Wildman–Crippen LogP) is 4.91. The Bertz CT molecular complexity index is 1070. The van der Waals surface area contributed by atoms with Crippen LogP contribution in [0, 0.1) is 11.3 Å². The van der Waals surface area contributed by atoms with Gasteiger partial charge in [0, 0.05) is 28.9 Å². The van der Waals surface area contributed by atoms with E-state index in [0.717, 1.165) is 0 Å². The van der Waals surface area contributed by atoms with Crippen molar-refractivity contribution >= 4 is 34.2 Å². The average molecular weight is 405 g/mol. The maximum atomic E-state index is 12.6. The van der Waals surface area contributed by atoms with E-state index in [1.807, 2.05) is 18.4 Å². The van der Waals surface area contributed by atoms with E-state index in [1.165, 1.54) is 30.3 Å². The molecule has 0 saturated heterocycles. The van der Waals surface area contributed by atoms with Gasteiger partial charge < -0.3 is 14.6 Å². The van der Waals surface area contributed by atoms with Gasteiger partial charge >= 0.3 is 5.57 Å². The lowest BCUT2D eigenvalue weighted by Gasteiger charge is -2.12. The number of fused-ring (bicyclic) bond motifs is 1. The lowest BCUT2D eigenvalue weighted by atomic mass is 10.1. The number of hydrogen-bond acceptors (Lipinski definition) is 4. The molecule has 0 unspecified atom stereocenters. The van der Waals surface area contributed by atoms with Gasteiger partial charge in [0.05, 0.1) is 22.9 Å². The SMILES string of the molecule is CC(C)n1cnc2cc(C(=O)Nc3ccc(OC(F)(F)Cl)cc3)cc(C#N)c21. The summed E-state index contributed by atoms with van der Waals surface area (Å²) >= 11 is 4.71. The minimum absolute atomic E-state index is 0.109. The monoisotopic (exact) mass is 404 g/mol. The van der Waals surface area contributed by atoms with Gasteiger partial charge in [0.2, 0.25) is 0 Å². The van der Waals surface area contributed by atoms with Crippen molar-refractivity contribution in [3.05, 3.63) is 53.9 Å². The minimum atomic E-state index is -3.81. The number of hydrogen-bond donors (Lipinski definition) is 1. The molecule has 0 radical (unpaired) electrons. The second kappa shape index (κ2) is 7.44. The highest BCUT2D eigenvalue weighted by Gasteiger charge is 2.27. The Morgan fingerprint density at radius 2 is 2.00 bits per heavy atom. The lowest BCUT2D eigenvalue weighted by Crippen LogP contribution is -2.16. The van der Waals surface area contributed by atoms with Crippen molar-refractivity contribution in [3.63, 3.8) is 0 Å². The summed E-state index contributed by atoms with van der Waals surface area (Å²) in [5.41, 5.74) is -1.66. The van der Waals surface area contributed by atoms with E-state index < -0.39 is 11.5 Å². The Morgan fingerprint density at radius 3 is 2.57 bits per heavy atom. The Kier molecular flexibility index (Phi) is 5.21. The van der Waals surface area contributed by atoms with Gasteiger partial charge in [0.15, 0.2) is 0 Å². The van der Waals surface area contributed by atoms with E-state index in [9.17, 15) is 18.8 Å². The fourth-order valence-corrected chi connectivity index (χ4v) is 2.81. The van der Waals surface area contributed by atoms with Crippen molar-refractivity contribution < 1.29 is 18.3 Å². The summed E-state index contributed by atoms with van der Waals surface area (Å²) in [5.74, 6) is -0.612. The number of amides is 1. The van der Waals surface area contributed by atoms with Crippen LogP contribution < -0.4 is 10.1 Å². The van der Waals surface area contributed by atoms with Crippen LogP contribution in [0.5, 0.6) is 5.75 Å². The van der Waals surface area contributed by atoms with Gasteiger partial charge in [-0.2, -0.15) is 5.26 Å². The highest BCUT2D eigenvalue weighted by atomic mass is 35.5. The van der Waals surface area contributed by atoms with Crippen molar-refractivity contribution in [1.82, 2.24) is 9.55 Å². The molecule has 0 atom stereocenters. The van der Waals surface area contributed by atoms with Crippen LogP contribution in [0.3, 0.4) is 0 Å². The highest BCUT2D eigenvalue weighted by molar-refractivity contribution is 6.20. The molecule has 0 bridgehead atoms. The summed E-state index contributed by atoms with van der Waals surface area (Å²) in [6.07, 6.45) is 1.63. The van der Waals surface area contributed by atoms with Gasteiger partial charge in [-0.25, -0.2) is 4.98 Å². The van der Waals surface area contributed by atoms with Gasteiger partial charge in [-0.05, 0) is 50.2 Å². The smallest absolute Gasteiger partial charge is 0.420 e. The standard InChI is InChI=1S/C19H15ClF2N4O2/c1-11(2)26-10-24-16-8-12(7-13(9-23)17(16)26)18(27)25-14-3-5-15(6-4-14)28-19(20,21)22/h3-8,10-11H,1-2H3,(H,25,27). The predicted molar refractivity (Wildman–Crippen MR) is 101 cm³/mol. The maximum Gasteiger partial charge on any atom is 0.487 e. The molecular formula is C19H15ClF2N4O2. The second-order valence-corrected chi connectivity index (χ2v) is 6.72. The van der Waals surface area contributed by atoms with Crippen LogP contribution in [0.4, 0.5) is 14.5 Å². The number of nitrogens with zero attached hydrogens (tertiary/aromatic N) is 3. The molecule has 0 aliphatic heterocycles. The molecule has 0 aliphatic carbocycles. The number of halogens is 3. The van der Waals surface area contributed by atoms with Crippen molar-refractivity contribution in [2.24, 2.45) is 0 Å². The zero-order valence-electron chi connectivity index (χ0n) is 14.9. The molecule has 144 valence electrons. The molecule has 28 heavy (non-hydrogen) atoms. The molecule has 9 heteroatoms. The van der Waals surface area contributed by atoms with Gasteiger partial charge in [0.1, 0.15) is 11.8 Å². The first kappa shape index (κ1) is 19.6. The fourth-order valence-electron chi connectivity index (χ4n) is 2.72. The molecule has 1 amide bonds. The summed E-state index contributed by atoms with van der Waals surface area (Å²) in [6.45, 7) is 3.94. The van der Waals surface area contributed by atoms with Crippen LogP contribution in [-0.2, 0) is 0 Å². The molecule has 1 heterocycles. The largest absolute Gasteiger partial charge is 0.487 e. The molecule has 0 spiro atoms. The number of imidazole rings is 1. The maximum absolute atomic E-state index is 12.6. The van der Waals surface area contributed by atoms with E-state index in [0.29, 0.717) is 22.3 Å². The number of aromatic nitrogens is 2. The average Bonchev–Trinajstić information content (AvgIpc) is 3.05. The fraction of sp³-hybridized carbons (Fsp3) is 0.211. The minimum Gasteiger partial charge on any atom is -0.420 e. The van der Waals surface area contributed by atoms with Gasteiger partial charge in [-0.3, -0.25) is 4.79 Å². The number of carbonyl (C=O) groups excluding carboxylic acids is 1. The summed E-state index contributed by atoms with van der Waals surface area (Å²) in [5, 5.41) is 12.1. The Labute approximate surface area is 164 Å². The number of ether oxygens (including phenoxy) is 1. The number of rotatable bonds is 5. The van der Waals surface area contributed by atoms with E-state index in [4.69, 9.17) is 11.6 Å². The first-order chi connectivity index (χ1) is 13.2. The molecule has 2 aromatic carbocycles. The summed E-state index contributed by atoms with van der Waals surface area (Å²) in [7, 11) is 0. The highest BCUT2D eigenvalue weighted by Crippen LogP contribution is 2.27.